The van der Waals surface area contributed by atoms with Gasteiger partial charge in [-0.05, 0) is 24.3 Å². The Labute approximate surface area is 172 Å². The van der Waals surface area contributed by atoms with Crippen LogP contribution in [0.3, 0.4) is 0 Å². The van der Waals surface area contributed by atoms with Crippen LogP contribution in [0.25, 0.3) is 11.3 Å². The number of methoxy groups -OCH3 is 3. The summed E-state index contributed by atoms with van der Waals surface area (Å²) in [5, 5.41) is 13.0. The molecule has 8 heteroatoms. The normalized spacial score (nSPS) is 12.7. The molecule has 0 bridgehead atoms. The molecular formula is C20H21ClN2O4S. The van der Waals surface area contributed by atoms with Crippen LogP contribution in [0.4, 0.5) is 0 Å². The van der Waals surface area contributed by atoms with Crippen molar-refractivity contribution in [3.63, 3.8) is 0 Å². The predicted molar refractivity (Wildman–Crippen MR) is 110 cm³/mol. The summed E-state index contributed by atoms with van der Waals surface area (Å²) >= 11 is 7.33. The van der Waals surface area contributed by atoms with Gasteiger partial charge in [-0.15, -0.1) is 11.3 Å². The first-order valence-electron chi connectivity index (χ1n) is 8.40. The van der Waals surface area contributed by atoms with E-state index in [0.717, 1.165) is 11.3 Å². The first-order valence-corrected chi connectivity index (χ1v) is 9.66. The van der Waals surface area contributed by atoms with Gasteiger partial charge in [-0.1, -0.05) is 23.7 Å². The van der Waals surface area contributed by atoms with Gasteiger partial charge < -0.3 is 23.9 Å². The maximum atomic E-state index is 10.4. The fourth-order valence-corrected chi connectivity index (χ4v) is 3.85. The van der Waals surface area contributed by atoms with Gasteiger partial charge >= 0.3 is 0 Å². The molecule has 3 aromatic rings. The minimum absolute atomic E-state index is 0.537. The van der Waals surface area contributed by atoms with Crippen molar-refractivity contribution in [3.05, 3.63) is 57.2 Å². The summed E-state index contributed by atoms with van der Waals surface area (Å²) in [6.45, 7) is 0. The second kappa shape index (κ2) is 8.68. The van der Waals surface area contributed by atoms with E-state index in [1.165, 1.54) is 11.3 Å². The maximum absolute atomic E-state index is 10.4. The minimum Gasteiger partial charge on any atom is -0.493 e. The number of aliphatic hydroxyl groups excluding tert-OH is 1. The summed E-state index contributed by atoms with van der Waals surface area (Å²) in [4.78, 5) is 5.10. The highest BCUT2D eigenvalue weighted by atomic mass is 35.5. The number of hydrogen-bond acceptors (Lipinski definition) is 6. The van der Waals surface area contributed by atoms with Gasteiger partial charge in [0.2, 0.25) is 5.75 Å². The summed E-state index contributed by atoms with van der Waals surface area (Å²) in [6.07, 6.45) is -0.977. The van der Waals surface area contributed by atoms with Gasteiger partial charge in [0.1, 0.15) is 0 Å². The quantitative estimate of drug-likeness (QED) is 0.654. The number of benzene rings is 2. The highest BCUT2D eigenvalue weighted by Gasteiger charge is 2.16. The monoisotopic (exact) mass is 420 g/mol. The number of halogens is 1. The Hall–Kier alpha value is -2.48. The van der Waals surface area contributed by atoms with Crippen molar-refractivity contribution in [2.24, 2.45) is 12.0 Å². The zero-order valence-electron chi connectivity index (χ0n) is 16.0. The van der Waals surface area contributed by atoms with E-state index >= 15 is 0 Å². The summed E-state index contributed by atoms with van der Waals surface area (Å²) in [7, 11) is 6.62. The minimum atomic E-state index is -0.977. The molecule has 1 atom stereocenters. The molecule has 1 heterocycles. The Kier molecular flexibility index (Phi) is 6.28. The molecule has 0 amide bonds. The molecule has 1 aromatic heterocycles. The number of ether oxygens (including phenoxy) is 3. The Morgan fingerprint density at radius 1 is 1.04 bits per heavy atom. The zero-order valence-corrected chi connectivity index (χ0v) is 17.5. The van der Waals surface area contributed by atoms with Crippen LogP contribution in [-0.4, -0.2) is 31.0 Å². The van der Waals surface area contributed by atoms with Gasteiger partial charge in [0.25, 0.3) is 0 Å². The van der Waals surface area contributed by atoms with Gasteiger partial charge in [-0.25, -0.2) is 4.99 Å². The van der Waals surface area contributed by atoms with Crippen molar-refractivity contribution in [2.45, 2.75) is 6.23 Å². The van der Waals surface area contributed by atoms with Crippen molar-refractivity contribution in [1.29, 1.82) is 0 Å². The second-order valence-electron chi connectivity index (χ2n) is 5.93. The van der Waals surface area contributed by atoms with E-state index in [0.29, 0.717) is 32.6 Å². The third kappa shape index (κ3) is 4.01. The topological polar surface area (TPSA) is 65.2 Å². The van der Waals surface area contributed by atoms with E-state index in [1.54, 1.807) is 45.6 Å². The number of thiazole rings is 1. The molecule has 2 aromatic carbocycles. The molecule has 28 heavy (non-hydrogen) atoms. The molecule has 148 valence electrons. The third-order valence-corrected chi connectivity index (χ3v) is 5.47. The Morgan fingerprint density at radius 3 is 2.18 bits per heavy atom. The van der Waals surface area contributed by atoms with Crippen LogP contribution in [0.1, 0.15) is 11.8 Å². The van der Waals surface area contributed by atoms with Crippen LogP contribution < -0.4 is 19.0 Å². The predicted octanol–water partition coefficient (Wildman–Crippen LogP) is 4.02. The van der Waals surface area contributed by atoms with Crippen LogP contribution in [0.5, 0.6) is 17.2 Å². The van der Waals surface area contributed by atoms with Crippen LogP contribution in [0, 0.1) is 0 Å². The number of nitrogens with zero attached hydrogens (tertiary/aromatic N) is 2. The van der Waals surface area contributed by atoms with Gasteiger partial charge in [-0.2, -0.15) is 0 Å². The van der Waals surface area contributed by atoms with Crippen LogP contribution >= 0.6 is 22.9 Å². The zero-order chi connectivity index (χ0) is 20.3. The third-order valence-electron chi connectivity index (χ3n) is 4.29. The van der Waals surface area contributed by atoms with Crippen LogP contribution in [0.15, 0.2) is 46.8 Å². The van der Waals surface area contributed by atoms with E-state index in [2.05, 4.69) is 4.99 Å². The Balaban J connectivity index is 2.02. The lowest BCUT2D eigenvalue weighted by molar-refractivity contribution is 0.183. The highest BCUT2D eigenvalue weighted by Crippen LogP contribution is 2.41. The number of hydrogen-bond donors (Lipinski definition) is 1. The lowest BCUT2D eigenvalue weighted by Crippen LogP contribution is -2.13. The summed E-state index contributed by atoms with van der Waals surface area (Å²) in [5.41, 5.74) is 2.47. The van der Waals surface area contributed by atoms with Crippen LogP contribution in [0.2, 0.25) is 5.02 Å². The van der Waals surface area contributed by atoms with E-state index in [4.69, 9.17) is 25.8 Å². The standard InChI is InChI=1S/C20H21ClN2O4S/c1-23-15(13-9-16(25-2)18(27-4)17(10-13)26-3)11-28-20(23)22-19(24)12-5-7-14(21)8-6-12/h5-11,19,24H,1-4H3. The first-order chi connectivity index (χ1) is 13.5. The van der Waals surface area contributed by atoms with Crippen molar-refractivity contribution < 1.29 is 19.3 Å². The summed E-state index contributed by atoms with van der Waals surface area (Å²) in [5.74, 6) is 1.68. The summed E-state index contributed by atoms with van der Waals surface area (Å²) < 4.78 is 18.2. The van der Waals surface area contributed by atoms with E-state index in [-0.39, 0.29) is 0 Å². The molecule has 0 aliphatic rings. The largest absolute Gasteiger partial charge is 0.493 e. The Bertz CT molecular complexity index is 1000. The van der Waals surface area contributed by atoms with E-state index < -0.39 is 6.23 Å². The molecule has 0 saturated heterocycles. The first kappa shape index (κ1) is 20.3. The molecular weight excluding hydrogens is 400 g/mol. The molecule has 1 N–H and O–H groups in total. The molecule has 0 saturated carbocycles. The molecule has 0 aliphatic carbocycles. The van der Waals surface area contributed by atoms with Gasteiger partial charge in [0.15, 0.2) is 22.5 Å². The molecule has 0 radical (unpaired) electrons. The van der Waals surface area contributed by atoms with Gasteiger partial charge in [0.05, 0.1) is 27.0 Å². The number of aliphatic hydroxyl groups is 1. The molecule has 0 spiro atoms. The van der Waals surface area contributed by atoms with Crippen LogP contribution in [-0.2, 0) is 7.05 Å². The average Bonchev–Trinajstić information content (AvgIpc) is 3.07. The summed E-state index contributed by atoms with van der Waals surface area (Å²) in [6, 6.07) is 10.7. The fraction of sp³-hybridized carbons (Fsp3) is 0.250. The number of rotatable bonds is 6. The molecule has 6 nitrogen and oxygen atoms in total. The number of aromatic nitrogens is 1. The van der Waals surface area contributed by atoms with Crippen molar-refractivity contribution in [3.8, 4) is 28.5 Å². The maximum Gasteiger partial charge on any atom is 0.203 e. The molecule has 0 aliphatic heterocycles. The molecule has 3 rings (SSSR count). The van der Waals surface area contributed by atoms with Crippen molar-refractivity contribution in [2.75, 3.05) is 21.3 Å². The SMILES string of the molecule is COc1cc(-c2csc(=NC(O)c3ccc(Cl)cc3)n2C)cc(OC)c1OC. The van der Waals surface area contributed by atoms with Crippen molar-refractivity contribution >= 4 is 22.9 Å². The average molecular weight is 421 g/mol. The van der Waals surface area contributed by atoms with E-state index in [9.17, 15) is 5.11 Å². The second-order valence-corrected chi connectivity index (χ2v) is 7.20. The van der Waals surface area contributed by atoms with E-state index in [1.807, 2.05) is 29.1 Å². The molecule has 1 unspecified atom stereocenters. The lowest BCUT2D eigenvalue weighted by Gasteiger charge is -2.14. The van der Waals surface area contributed by atoms with Gasteiger partial charge in [-0.3, -0.25) is 0 Å². The lowest BCUT2D eigenvalue weighted by atomic mass is 10.1. The Morgan fingerprint density at radius 2 is 1.64 bits per heavy atom. The highest BCUT2D eigenvalue weighted by molar-refractivity contribution is 7.07. The fourth-order valence-electron chi connectivity index (χ4n) is 2.79. The van der Waals surface area contributed by atoms with Crippen molar-refractivity contribution in [1.82, 2.24) is 4.57 Å². The molecule has 0 fully saturated rings. The van der Waals surface area contributed by atoms with Gasteiger partial charge in [0, 0.05) is 28.6 Å². The smallest absolute Gasteiger partial charge is 0.203 e.